The Morgan fingerprint density at radius 2 is 2.04 bits per heavy atom. The highest BCUT2D eigenvalue weighted by Gasteiger charge is 2.49. The van der Waals surface area contributed by atoms with E-state index in [4.69, 9.17) is 5.73 Å². The molecule has 0 aromatic carbocycles. The second kappa shape index (κ2) is 8.16. The number of carbonyl (C=O) groups excluding carboxylic acids is 3. The number of ketones is 1. The van der Waals surface area contributed by atoms with E-state index in [-0.39, 0.29) is 36.9 Å². The first-order valence-electron chi connectivity index (χ1n) is 9.35. The van der Waals surface area contributed by atoms with Crippen molar-refractivity contribution < 1.29 is 14.4 Å². The molecule has 5 N–H and O–H groups in total. The molecule has 2 heterocycles. The number of hydrogen-bond donors (Lipinski definition) is 4. The van der Waals surface area contributed by atoms with Crippen LogP contribution in [0.15, 0.2) is 4.99 Å². The molecule has 2 amide bonds. The van der Waals surface area contributed by atoms with Crippen LogP contribution in [-0.2, 0) is 14.4 Å². The predicted molar refractivity (Wildman–Crippen MR) is 99.6 cm³/mol. The number of nitrogens with zero attached hydrogens (tertiary/aromatic N) is 1. The maximum absolute atomic E-state index is 13.0. The predicted octanol–water partition coefficient (Wildman–Crippen LogP) is -0.280. The normalized spacial score (nSPS) is 26.5. The fourth-order valence-electron chi connectivity index (χ4n) is 3.52. The lowest BCUT2D eigenvalue weighted by molar-refractivity contribution is -0.142. The van der Waals surface area contributed by atoms with Crippen molar-refractivity contribution in [3.63, 3.8) is 0 Å². The van der Waals surface area contributed by atoms with Crippen LogP contribution in [0.5, 0.6) is 0 Å². The second-order valence-corrected chi connectivity index (χ2v) is 8.08. The number of nitrogens with one attached hydrogen (secondary N) is 3. The lowest BCUT2D eigenvalue weighted by Gasteiger charge is -2.30. The fraction of sp³-hybridized carbons (Fsp3) is 0.778. The van der Waals surface area contributed by atoms with E-state index < -0.39 is 17.2 Å². The van der Waals surface area contributed by atoms with Crippen LogP contribution < -0.4 is 21.7 Å². The van der Waals surface area contributed by atoms with E-state index in [9.17, 15) is 14.4 Å². The van der Waals surface area contributed by atoms with E-state index in [2.05, 4.69) is 34.8 Å². The number of rotatable bonds is 8. The lowest BCUT2D eigenvalue weighted by Crippen LogP contribution is -2.61. The highest BCUT2D eigenvalue weighted by atomic mass is 16.2. The molecule has 1 saturated heterocycles. The Kier molecular flexibility index (Phi) is 6.39. The van der Waals surface area contributed by atoms with Crippen molar-refractivity contribution in [2.45, 2.75) is 64.6 Å². The van der Waals surface area contributed by atoms with E-state index in [0.29, 0.717) is 24.7 Å². The Labute approximate surface area is 154 Å². The molecule has 0 unspecified atom stereocenters. The van der Waals surface area contributed by atoms with Crippen LogP contribution in [0.1, 0.15) is 47.0 Å². The molecule has 0 bridgehead atoms. The average molecular weight is 365 g/mol. The van der Waals surface area contributed by atoms with Gasteiger partial charge in [-0.3, -0.25) is 19.4 Å². The summed E-state index contributed by atoms with van der Waals surface area (Å²) in [6.45, 7) is 8.43. The van der Waals surface area contributed by atoms with Gasteiger partial charge in [-0.2, -0.15) is 0 Å². The minimum absolute atomic E-state index is 0.0804. The van der Waals surface area contributed by atoms with E-state index in [1.54, 1.807) is 13.8 Å². The molecule has 0 aromatic rings. The molecule has 0 aromatic heterocycles. The van der Waals surface area contributed by atoms with Gasteiger partial charge in [-0.1, -0.05) is 13.8 Å². The van der Waals surface area contributed by atoms with E-state index in [1.807, 2.05) is 0 Å². The number of amides is 2. The maximum atomic E-state index is 13.0. The van der Waals surface area contributed by atoms with Crippen molar-refractivity contribution in [1.29, 1.82) is 0 Å². The second-order valence-electron chi connectivity index (χ2n) is 8.08. The summed E-state index contributed by atoms with van der Waals surface area (Å²) in [5, 5.41) is 8.57. The number of hydrogen-bond acceptors (Lipinski definition) is 6. The van der Waals surface area contributed by atoms with Gasteiger partial charge in [0.25, 0.3) is 5.91 Å². The molecular formula is C18H31N5O3. The highest BCUT2D eigenvalue weighted by Crippen LogP contribution is 2.28. The monoisotopic (exact) mass is 365 g/mol. The topological polar surface area (TPSA) is 126 Å². The molecule has 2 aliphatic heterocycles. The van der Waals surface area contributed by atoms with Gasteiger partial charge in [0, 0.05) is 18.5 Å². The quantitative estimate of drug-likeness (QED) is 0.440. The van der Waals surface area contributed by atoms with Gasteiger partial charge in [-0.25, -0.2) is 0 Å². The number of amidine groups is 1. The highest BCUT2D eigenvalue weighted by molar-refractivity contribution is 6.40. The number of aliphatic imine (C=N–C) groups is 1. The van der Waals surface area contributed by atoms with Crippen molar-refractivity contribution in [3.05, 3.63) is 0 Å². The average Bonchev–Trinajstić information content (AvgIpc) is 3.13. The van der Waals surface area contributed by atoms with Gasteiger partial charge < -0.3 is 21.7 Å². The largest absolute Gasteiger partial charge is 0.358 e. The van der Waals surface area contributed by atoms with E-state index in [0.717, 1.165) is 6.42 Å². The summed E-state index contributed by atoms with van der Waals surface area (Å²) in [7, 11) is 0. The Morgan fingerprint density at radius 3 is 2.58 bits per heavy atom. The Hall–Kier alpha value is -1.96. The first kappa shape index (κ1) is 20.4. The van der Waals surface area contributed by atoms with Crippen LogP contribution in [0.3, 0.4) is 0 Å². The fourth-order valence-corrected chi connectivity index (χ4v) is 3.52. The molecule has 8 nitrogen and oxygen atoms in total. The Balaban J connectivity index is 2.19. The van der Waals surface area contributed by atoms with Gasteiger partial charge in [0.05, 0.1) is 12.6 Å². The molecular weight excluding hydrogens is 334 g/mol. The van der Waals surface area contributed by atoms with Crippen LogP contribution in [0.25, 0.3) is 0 Å². The summed E-state index contributed by atoms with van der Waals surface area (Å²) in [5.74, 6) is -0.702. The zero-order valence-electron chi connectivity index (χ0n) is 16.1. The first-order chi connectivity index (χ1) is 12.1. The first-order valence-corrected chi connectivity index (χ1v) is 9.35. The van der Waals surface area contributed by atoms with Gasteiger partial charge in [0.1, 0.15) is 11.4 Å². The summed E-state index contributed by atoms with van der Waals surface area (Å²) >= 11 is 0. The van der Waals surface area contributed by atoms with Gasteiger partial charge in [-0.15, -0.1) is 0 Å². The van der Waals surface area contributed by atoms with Crippen molar-refractivity contribution in [1.82, 2.24) is 16.0 Å². The Bertz CT molecular complexity index is 602. The summed E-state index contributed by atoms with van der Waals surface area (Å²) in [5.41, 5.74) is 5.01. The van der Waals surface area contributed by atoms with Gasteiger partial charge in [0.2, 0.25) is 11.7 Å². The van der Waals surface area contributed by atoms with Crippen molar-refractivity contribution in [3.8, 4) is 0 Å². The van der Waals surface area contributed by atoms with Gasteiger partial charge >= 0.3 is 0 Å². The SMILES string of the molecule is CC(C)C[C@H](N)C1=NC[C@@](C[C@@H]2CCNC2=O)(C(=O)C(=O)NC(C)C)N1. The molecule has 0 spiro atoms. The minimum atomic E-state index is -1.20. The summed E-state index contributed by atoms with van der Waals surface area (Å²) in [6.07, 6.45) is 1.61. The smallest absolute Gasteiger partial charge is 0.290 e. The molecule has 0 aliphatic carbocycles. The number of Topliss-reactive ketones (excluding diaryl/α,β-unsaturated/α-hetero) is 1. The molecule has 0 radical (unpaired) electrons. The van der Waals surface area contributed by atoms with Crippen LogP contribution >= 0.6 is 0 Å². The zero-order chi connectivity index (χ0) is 19.5. The maximum Gasteiger partial charge on any atom is 0.290 e. The Morgan fingerprint density at radius 1 is 1.35 bits per heavy atom. The molecule has 8 heteroatoms. The minimum Gasteiger partial charge on any atom is -0.358 e. The van der Waals surface area contributed by atoms with E-state index in [1.165, 1.54) is 0 Å². The standard InChI is InChI=1S/C18H31N5O3/c1-10(2)7-13(19)15-21-9-18(23-15,8-12-5-6-20-16(12)25)14(24)17(26)22-11(3)4/h10-13H,5-9,19H2,1-4H3,(H,20,25)(H,21,23)(H,22,26)/t12-,13-,18-/m0/s1. The van der Waals surface area contributed by atoms with Crippen LogP contribution in [-0.4, -0.2) is 54.1 Å². The van der Waals surface area contributed by atoms with Gasteiger partial charge in [-0.05, 0) is 39.0 Å². The molecule has 2 rings (SSSR count). The number of nitrogens with two attached hydrogens (primary N) is 1. The van der Waals surface area contributed by atoms with Crippen molar-refractivity contribution in [2.75, 3.05) is 13.1 Å². The summed E-state index contributed by atoms with van der Waals surface area (Å²) in [4.78, 5) is 41.8. The molecule has 3 atom stereocenters. The third-order valence-electron chi connectivity index (χ3n) is 4.78. The zero-order valence-corrected chi connectivity index (χ0v) is 16.1. The summed E-state index contributed by atoms with van der Waals surface area (Å²) < 4.78 is 0. The van der Waals surface area contributed by atoms with Crippen LogP contribution in [0.2, 0.25) is 0 Å². The molecule has 1 fully saturated rings. The molecule has 26 heavy (non-hydrogen) atoms. The van der Waals surface area contributed by atoms with Crippen LogP contribution in [0.4, 0.5) is 0 Å². The van der Waals surface area contributed by atoms with Gasteiger partial charge in [0.15, 0.2) is 0 Å². The van der Waals surface area contributed by atoms with Crippen LogP contribution in [0, 0.1) is 11.8 Å². The van der Waals surface area contributed by atoms with Crippen molar-refractivity contribution in [2.24, 2.45) is 22.6 Å². The third-order valence-corrected chi connectivity index (χ3v) is 4.78. The molecule has 2 aliphatic rings. The number of carbonyl (C=O) groups is 3. The lowest BCUT2D eigenvalue weighted by atomic mass is 9.82. The summed E-state index contributed by atoms with van der Waals surface area (Å²) in [6, 6.07) is -0.474. The van der Waals surface area contributed by atoms with Crippen molar-refractivity contribution >= 4 is 23.4 Å². The molecule has 146 valence electrons. The third kappa shape index (κ3) is 4.60. The van der Waals surface area contributed by atoms with E-state index >= 15 is 0 Å². The molecule has 0 saturated carbocycles.